The Kier molecular flexibility index (Phi) is 18.4. The maximum Gasteiger partial charge on any atom is 0.249 e. The van der Waals surface area contributed by atoms with Gasteiger partial charge in [0.1, 0.15) is 35.5 Å². The highest BCUT2D eigenvalue weighted by molar-refractivity contribution is 9.10. The Hall–Kier alpha value is -4.48. The number of halogens is 1. The predicted octanol–water partition coefficient (Wildman–Crippen LogP) is 5.58. The number of carbonyl (C=O) groups excluding carboxylic acids is 6. The molecule has 0 spiro atoms. The van der Waals surface area contributed by atoms with Crippen LogP contribution in [0.4, 0.5) is 0 Å². The molecule has 0 aliphatic carbocycles. The number of likely N-dealkylation sites (N-methyl/N-ethyl adjacent to an activating group) is 2. The van der Waals surface area contributed by atoms with E-state index in [1.165, 1.54) is 27.6 Å². The van der Waals surface area contributed by atoms with E-state index in [1.807, 2.05) is 58.0 Å². The van der Waals surface area contributed by atoms with E-state index >= 15 is 0 Å². The number of amides is 6. The molecule has 1 unspecified atom stereocenters. The van der Waals surface area contributed by atoms with Crippen LogP contribution in [0.5, 0.6) is 5.75 Å². The molecular formula is C51H74BrN7O8S. The molecule has 374 valence electrons. The van der Waals surface area contributed by atoms with Crippen LogP contribution >= 0.6 is 27.7 Å². The van der Waals surface area contributed by atoms with Crippen molar-refractivity contribution in [3.05, 3.63) is 64.1 Å². The summed E-state index contributed by atoms with van der Waals surface area (Å²) in [4.78, 5) is 97.0. The molecule has 2 aromatic carbocycles. The number of hydrogen-bond acceptors (Lipinski definition) is 10. The number of thioether (sulfide) groups is 1. The summed E-state index contributed by atoms with van der Waals surface area (Å²) in [5.74, 6) is -1.77. The lowest BCUT2D eigenvalue weighted by Crippen LogP contribution is -2.59. The van der Waals surface area contributed by atoms with Crippen molar-refractivity contribution in [1.82, 2.24) is 30.2 Å². The number of benzene rings is 2. The first-order valence-corrected chi connectivity index (χ1v) is 25.8. The smallest absolute Gasteiger partial charge is 0.249 e. The summed E-state index contributed by atoms with van der Waals surface area (Å²) in [6, 6.07) is 9.87. The van der Waals surface area contributed by atoms with Crippen molar-refractivity contribution in [3.63, 3.8) is 0 Å². The number of aromatic hydroxyl groups is 1. The minimum Gasteiger partial charge on any atom is -0.507 e. The van der Waals surface area contributed by atoms with Crippen LogP contribution < -0.4 is 10.6 Å². The number of aliphatic imine (C=N–C) groups is 1. The van der Waals surface area contributed by atoms with Crippen molar-refractivity contribution in [2.24, 2.45) is 22.2 Å². The van der Waals surface area contributed by atoms with Crippen LogP contribution in [0.2, 0.25) is 0 Å². The molecule has 17 heteroatoms. The zero-order chi connectivity index (χ0) is 50.4. The third kappa shape index (κ3) is 13.0. The molecule has 3 heterocycles. The molecule has 3 aliphatic rings. The number of nitrogens with one attached hydrogen (secondary N) is 2. The van der Waals surface area contributed by atoms with Crippen LogP contribution in [0.15, 0.2) is 58.0 Å². The van der Waals surface area contributed by atoms with Gasteiger partial charge >= 0.3 is 0 Å². The number of nitrogens with zero attached hydrogens (tertiary/aromatic N) is 5. The first-order valence-electron chi connectivity index (χ1n) is 24.0. The van der Waals surface area contributed by atoms with Gasteiger partial charge in [0.05, 0.1) is 27.7 Å². The van der Waals surface area contributed by atoms with Crippen LogP contribution in [0.3, 0.4) is 0 Å². The molecule has 2 aromatic rings. The Labute approximate surface area is 415 Å². The van der Waals surface area contributed by atoms with Crippen molar-refractivity contribution in [1.29, 1.82) is 0 Å². The van der Waals surface area contributed by atoms with Crippen LogP contribution in [-0.4, -0.2) is 151 Å². The Morgan fingerprint density at radius 3 is 2.15 bits per heavy atom. The van der Waals surface area contributed by atoms with Gasteiger partial charge in [-0.1, -0.05) is 84.9 Å². The summed E-state index contributed by atoms with van der Waals surface area (Å²) in [5.41, 5.74) is -0.458. The van der Waals surface area contributed by atoms with Crippen molar-refractivity contribution in [2.45, 2.75) is 155 Å². The summed E-state index contributed by atoms with van der Waals surface area (Å²) in [7, 11) is 3.18. The van der Waals surface area contributed by atoms with E-state index < -0.39 is 65.0 Å². The van der Waals surface area contributed by atoms with Gasteiger partial charge in [0, 0.05) is 51.2 Å². The summed E-state index contributed by atoms with van der Waals surface area (Å²) < 4.78 is 0.441. The Morgan fingerprint density at radius 1 is 0.926 bits per heavy atom. The van der Waals surface area contributed by atoms with Gasteiger partial charge in [-0.25, -0.2) is 0 Å². The maximum absolute atomic E-state index is 15.0. The number of aliphatic hydroxyl groups excluding tert-OH is 1. The number of phenolic OH excluding ortho intramolecular Hbond substituents is 1. The fraction of sp³-hybridized carbons (Fsp3) is 0.627. The third-order valence-corrected chi connectivity index (χ3v) is 15.5. The van der Waals surface area contributed by atoms with Crippen molar-refractivity contribution in [2.75, 3.05) is 32.9 Å². The average Bonchev–Trinajstić information content (AvgIpc) is 4.05. The van der Waals surface area contributed by atoms with Gasteiger partial charge in [-0.3, -0.25) is 33.8 Å². The molecule has 68 heavy (non-hydrogen) atoms. The van der Waals surface area contributed by atoms with E-state index in [1.54, 1.807) is 70.6 Å². The summed E-state index contributed by atoms with van der Waals surface area (Å²) in [5, 5.41) is 27.6. The highest BCUT2D eigenvalue weighted by atomic mass is 79.9. The van der Waals surface area contributed by atoms with Crippen LogP contribution in [0.25, 0.3) is 0 Å². The number of aliphatic hydroxyl groups is 1. The first-order chi connectivity index (χ1) is 31.9. The third-order valence-electron chi connectivity index (χ3n) is 13.5. The second kappa shape index (κ2) is 23.0. The van der Waals surface area contributed by atoms with Gasteiger partial charge in [0.2, 0.25) is 35.4 Å². The Balaban J connectivity index is 1.40. The van der Waals surface area contributed by atoms with Gasteiger partial charge in [-0.2, -0.15) is 0 Å². The minimum absolute atomic E-state index is 0.00588. The molecule has 6 amide bonds. The van der Waals surface area contributed by atoms with Crippen LogP contribution in [0, 0.1) is 17.3 Å². The quantitative estimate of drug-likeness (QED) is 0.148. The largest absolute Gasteiger partial charge is 0.507 e. The van der Waals surface area contributed by atoms with Crippen molar-refractivity contribution >= 4 is 68.2 Å². The van der Waals surface area contributed by atoms with Gasteiger partial charge in [-0.05, 0) is 97.0 Å². The van der Waals surface area contributed by atoms with Crippen molar-refractivity contribution < 1.29 is 39.0 Å². The standard InChI is InChI=1S/C51H74BrN7O8S/c1-12-41(60)37-19-16-22-58(37)46(64)39(26-33-17-14-13-15-18-33)57(11)45(63)36(23-30(2)3)54-49(67)51(9)29-68-43(55-51)38-24-31(4)28-59(38)47(65)40(27-34-20-21-42(61)35(52)25-34)56(10)44(62)32(5)53-48(66)50(6,7)8/h13-15,17-18,20-21,25,30-32,36-41,60-61H,12,16,19,22-24,26-29H2,1-11H3,(H,53,66)(H,54,67)/t31-,32-,36+,37-,38-,39-,40+,41?,51-/m0/s1. The Morgan fingerprint density at radius 2 is 1.54 bits per heavy atom. The molecule has 2 saturated heterocycles. The SMILES string of the molecule is CCC(O)[C@@H]1CCCN1C(=O)[C@H](Cc1ccccc1)N(C)C(=O)[C@@H](CC(C)C)NC(=O)[C@]1(C)CSC([C@@H]2C[C@H](C)CN2C(=O)[C@@H](Cc2ccc(O)c(Br)c2)N(C)C(=O)[C@H](C)NC(=O)C(C)(C)C)=N1. The molecule has 5 rings (SSSR count). The van der Waals surface area contributed by atoms with E-state index in [0.29, 0.717) is 53.9 Å². The summed E-state index contributed by atoms with van der Waals surface area (Å²) in [6.45, 7) is 17.3. The molecule has 0 saturated carbocycles. The van der Waals surface area contributed by atoms with Gasteiger partial charge < -0.3 is 40.4 Å². The van der Waals surface area contributed by atoms with Gasteiger partial charge in [0.15, 0.2) is 0 Å². The zero-order valence-corrected chi connectivity index (χ0v) is 44.2. The molecule has 0 bridgehead atoms. The van der Waals surface area contributed by atoms with Crippen LogP contribution in [-0.2, 0) is 41.6 Å². The summed E-state index contributed by atoms with van der Waals surface area (Å²) in [6.07, 6.45) is 2.53. The fourth-order valence-corrected chi connectivity index (χ4v) is 11.0. The first kappa shape index (κ1) is 54.5. The topological polar surface area (TPSA) is 192 Å². The highest BCUT2D eigenvalue weighted by Gasteiger charge is 2.48. The lowest BCUT2D eigenvalue weighted by atomic mass is 9.95. The predicted molar refractivity (Wildman–Crippen MR) is 270 cm³/mol. The molecular weight excluding hydrogens is 951 g/mol. The molecule has 0 aromatic heterocycles. The molecule has 4 N–H and O–H groups in total. The summed E-state index contributed by atoms with van der Waals surface area (Å²) >= 11 is 4.77. The number of phenols is 1. The average molecular weight is 1030 g/mol. The number of rotatable bonds is 18. The van der Waals surface area contributed by atoms with E-state index in [0.717, 1.165) is 12.0 Å². The molecule has 15 nitrogen and oxygen atoms in total. The monoisotopic (exact) mass is 1020 g/mol. The zero-order valence-electron chi connectivity index (χ0n) is 41.8. The molecule has 2 fully saturated rings. The van der Waals surface area contributed by atoms with Gasteiger partial charge in [-0.15, -0.1) is 11.8 Å². The second-order valence-corrected chi connectivity index (χ2v) is 22.6. The molecule has 3 aliphatic heterocycles. The lowest BCUT2D eigenvalue weighted by Gasteiger charge is -2.37. The van der Waals surface area contributed by atoms with E-state index in [2.05, 4.69) is 26.6 Å². The molecule has 0 radical (unpaired) electrons. The minimum atomic E-state index is -1.29. The number of hydrogen-bond donors (Lipinski definition) is 4. The van der Waals surface area contributed by atoms with Gasteiger partial charge in [0.25, 0.3) is 0 Å². The molecule has 9 atom stereocenters. The fourth-order valence-electron chi connectivity index (χ4n) is 9.31. The lowest BCUT2D eigenvalue weighted by molar-refractivity contribution is -0.148. The maximum atomic E-state index is 15.0. The second-order valence-electron chi connectivity index (χ2n) is 20.8. The number of likely N-dealkylation sites (tertiary alicyclic amines) is 2. The van der Waals surface area contributed by atoms with Crippen LogP contribution in [0.1, 0.15) is 106 Å². The van der Waals surface area contributed by atoms with E-state index in [9.17, 15) is 39.0 Å². The number of carbonyl (C=O) groups is 6. The van der Waals surface area contributed by atoms with E-state index in [-0.39, 0.29) is 59.9 Å². The highest BCUT2D eigenvalue weighted by Crippen LogP contribution is 2.37. The normalized spacial score (nSPS) is 22.8. The van der Waals surface area contributed by atoms with E-state index in [4.69, 9.17) is 4.99 Å². The van der Waals surface area contributed by atoms with Crippen molar-refractivity contribution in [3.8, 4) is 5.75 Å². The Bertz CT molecular complexity index is 2190.